The molecule has 1 aromatic carbocycles. The first-order chi connectivity index (χ1) is 10.6. The van der Waals surface area contributed by atoms with E-state index in [0.717, 1.165) is 10.3 Å². The summed E-state index contributed by atoms with van der Waals surface area (Å²) in [6.07, 6.45) is 3.41. The van der Waals surface area contributed by atoms with E-state index < -0.39 is 0 Å². The molecule has 2 heterocycles. The number of rotatable bonds is 3. The lowest BCUT2D eigenvalue weighted by Gasteiger charge is -2.24. The van der Waals surface area contributed by atoms with Gasteiger partial charge in [0.25, 0.3) is 5.91 Å². The molecule has 0 aliphatic rings. The van der Waals surface area contributed by atoms with Gasteiger partial charge in [-0.2, -0.15) is 0 Å². The molecule has 3 nitrogen and oxygen atoms in total. The summed E-state index contributed by atoms with van der Waals surface area (Å²) >= 11 is 1.32. The Balaban J connectivity index is 1.90. The van der Waals surface area contributed by atoms with E-state index in [4.69, 9.17) is 0 Å². The highest BCUT2D eigenvalue weighted by atomic mass is 32.1. The van der Waals surface area contributed by atoms with Crippen molar-refractivity contribution in [3.05, 3.63) is 65.0 Å². The molecule has 0 saturated carbocycles. The first-order valence-corrected chi connectivity index (χ1v) is 7.74. The van der Waals surface area contributed by atoms with Gasteiger partial charge in [-0.15, -0.1) is 11.3 Å². The van der Waals surface area contributed by atoms with E-state index in [9.17, 15) is 9.18 Å². The summed E-state index contributed by atoms with van der Waals surface area (Å²) in [6.45, 7) is 1.96. The second-order valence-corrected chi connectivity index (χ2v) is 6.22. The molecule has 3 aromatic rings. The maximum absolute atomic E-state index is 13.8. The number of aromatic nitrogens is 1. The molecule has 0 saturated heterocycles. The Kier molecular flexibility index (Phi) is 3.90. The summed E-state index contributed by atoms with van der Waals surface area (Å²) in [5.74, 6) is -0.400. The van der Waals surface area contributed by atoms with Crippen LogP contribution in [0, 0.1) is 5.82 Å². The summed E-state index contributed by atoms with van der Waals surface area (Å²) in [4.78, 5) is 18.8. The van der Waals surface area contributed by atoms with Crippen LogP contribution in [0.25, 0.3) is 10.1 Å². The zero-order valence-electron chi connectivity index (χ0n) is 12.3. The molecule has 1 atom stereocenters. The predicted octanol–water partition coefficient (Wildman–Crippen LogP) is 4.27. The summed E-state index contributed by atoms with van der Waals surface area (Å²) in [5.41, 5.74) is 1.01. The molecule has 0 bridgehead atoms. The molecule has 0 fully saturated rings. The van der Waals surface area contributed by atoms with Crippen molar-refractivity contribution in [3.8, 4) is 0 Å². The lowest BCUT2D eigenvalue weighted by atomic mass is 10.1. The third-order valence-corrected chi connectivity index (χ3v) is 4.90. The Labute approximate surface area is 132 Å². The Hall–Kier alpha value is -2.27. The first-order valence-electron chi connectivity index (χ1n) is 6.93. The number of halogens is 1. The van der Waals surface area contributed by atoms with E-state index in [1.165, 1.54) is 17.4 Å². The Morgan fingerprint density at radius 2 is 2.00 bits per heavy atom. The van der Waals surface area contributed by atoms with Gasteiger partial charge in [0.1, 0.15) is 5.82 Å². The maximum Gasteiger partial charge on any atom is 0.264 e. The average Bonchev–Trinajstić information content (AvgIpc) is 2.99. The molecule has 22 heavy (non-hydrogen) atoms. The number of carbonyl (C=O) groups is 1. The molecule has 0 unspecified atom stereocenters. The molecule has 0 spiro atoms. The van der Waals surface area contributed by atoms with E-state index >= 15 is 0 Å². The number of nitrogens with zero attached hydrogens (tertiary/aromatic N) is 2. The SMILES string of the molecule is C[C@H](c1ccncc1)N(C)C(=O)c1cc2c(F)cccc2s1. The van der Waals surface area contributed by atoms with Crippen molar-refractivity contribution in [2.45, 2.75) is 13.0 Å². The topological polar surface area (TPSA) is 33.2 Å². The largest absolute Gasteiger partial charge is 0.334 e. The number of carbonyl (C=O) groups excluding carboxylic acids is 1. The molecule has 0 aliphatic heterocycles. The molecular formula is C17H15FN2OS. The van der Waals surface area contributed by atoms with Gasteiger partial charge in [0.2, 0.25) is 0 Å². The van der Waals surface area contributed by atoms with Crippen LogP contribution >= 0.6 is 11.3 Å². The van der Waals surface area contributed by atoms with Crippen molar-refractivity contribution in [2.75, 3.05) is 7.05 Å². The lowest BCUT2D eigenvalue weighted by molar-refractivity contribution is 0.0747. The van der Waals surface area contributed by atoms with Crippen LogP contribution in [-0.2, 0) is 0 Å². The summed E-state index contributed by atoms with van der Waals surface area (Å²) in [5, 5.41) is 0.501. The van der Waals surface area contributed by atoms with Crippen molar-refractivity contribution in [3.63, 3.8) is 0 Å². The van der Waals surface area contributed by atoms with Gasteiger partial charge < -0.3 is 4.90 Å². The van der Waals surface area contributed by atoms with E-state index in [1.54, 1.807) is 36.5 Å². The highest BCUT2D eigenvalue weighted by molar-refractivity contribution is 7.20. The number of thiophene rings is 1. The number of hydrogen-bond acceptors (Lipinski definition) is 3. The Bertz CT molecular complexity index is 816. The second kappa shape index (κ2) is 5.85. The molecular weight excluding hydrogens is 299 g/mol. The van der Waals surface area contributed by atoms with Crippen LogP contribution in [0.5, 0.6) is 0 Å². The maximum atomic E-state index is 13.8. The third-order valence-electron chi connectivity index (χ3n) is 3.81. The first kappa shape index (κ1) is 14.7. The monoisotopic (exact) mass is 314 g/mol. The number of fused-ring (bicyclic) bond motifs is 1. The van der Waals surface area contributed by atoms with Crippen LogP contribution in [0.4, 0.5) is 4.39 Å². The van der Waals surface area contributed by atoms with E-state index in [1.807, 2.05) is 25.1 Å². The number of amides is 1. The molecule has 0 radical (unpaired) electrons. The normalized spacial score (nSPS) is 12.3. The molecule has 0 aliphatic carbocycles. The summed E-state index contributed by atoms with van der Waals surface area (Å²) in [7, 11) is 1.76. The smallest absolute Gasteiger partial charge is 0.264 e. The van der Waals surface area contributed by atoms with Crippen molar-refractivity contribution >= 4 is 27.3 Å². The van der Waals surface area contributed by atoms with Gasteiger partial charge >= 0.3 is 0 Å². The summed E-state index contributed by atoms with van der Waals surface area (Å²) in [6, 6.07) is 10.2. The van der Waals surface area contributed by atoms with Crippen LogP contribution in [0.2, 0.25) is 0 Å². The van der Waals surface area contributed by atoms with Gasteiger partial charge in [-0.3, -0.25) is 9.78 Å². The van der Waals surface area contributed by atoms with Crippen molar-refractivity contribution in [2.24, 2.45) is 0 Å². The fourth-order valence-corrected chi connectivity index (χ4v) is 3.40. The standard InChI is InChI=1S/C17H15FN2OS/c1-11(12-6-8-19-9-7-12)20(2)17(21)16-10-13-14(18)4-3-5-15(13)22-16/h3-11H,1-2H3/t11-/m1/s1. The quantitative estimate of drug-likeness (QED) is 0.723. The molecule has 2 aromatic heterocycles. The van der Waals surface area contributed by atoms with Gasteiger partial charge in [-0.25, -0.2) is 4.39 Å². The van der Waals surface area contributed by atoms with Gasteiger partial charge in [0, 0.05) is 29.5 Å². The van der Waals surface area contributed by atoms with Crippen LogP contribution in [0.3, 0.4) is 0 Å². The zero-order chi connectivity index (χ0) is 15.7. The van der Waals surface area contributed by atoms with Crippen LogP contribution in [0.1, 0.15) is 28.2 Å². The predicted molar refractivity (Wildman–Crippen MR) is 86.5 cm³/mol. The third kappa shape index (κ3) is 2.60. The summed E-state index contributed by atoms with van der Waals surface area (Å²) < 4.78 is 14.5. The lowest BCUT2D eigenvalue weighted by Crippen LogP contribution is -2.29. The van der Waals surface area contributed by atoms with E-state index in [2.05, 4.69) is 4.98 Å². The second-order valence-electron chi connectivity index (χ2n) is 5.13. The van der Waals surface area contributed by atoms with Crippen LogP contribution < -0.4 is 0 Å². The van der Waals surface area contributed by atoms with E-state index in [-0.39, 0.29) is 17.8 Å². The zero-order valence-corrected chi connectivity index (χ0v) is 13.1. The highest BCUT2D eigenvalue weighted by Crippen LogP contribution is 2.30. The fourth-order valence-electron chi connectivity index (χ4n) is 2.35. The Morgan fingerprint density at radius 3 is 2.68 bits per heavy atom. The van der Waals surface area contributed by atoms with Crippen molar-refractivity contribution in [1.82, 2.24) is 9.88 Å². The highest BCUT2D eigenvalue weighted by Gasteiger charge is 2.21. The number of hydrogen-bond donors (Lipinski definition) is 0. The van der Waals surface area contributed by atoms with Crippen molar-refractivity contribution in [1.29, 1.82) is 0 Å². The van der Waals surface area contributed by atoms with Gasteiger partial charge in [0.05, 0.1) is 10.9 Å². The average molecular weight is 314 g/mol. The molecule has 1 amide bonds. The minimum atomic E-state index is -0.294. The van der Waals surface area contributed by atoms with Gasteiger partial charge in [0.15, 0.2) is 0 Å². The molecule has 5 heteroatoms. The van der Waals surface area contributed by atoms with Gasteiger partial charge in [-0.05, 0) is 42.8 Å². The van der Waals surface area contributed by atoms with Gasteiger partial charge in [-0.1, -0.05) is 6.07 Å². The minimum absolute atomic E-state index is 0.0782. The minimum Gasteiger partial charge on any atom is -0.334 e. The van der Waals surface area contributed by atoms with Crippen LogP contribution in [0.15, 0.2) is 48.8 Å². The molecule has 0 N–H and O–H groups in total. The molecule has 3 rings (SSSR count). The number of benzene rings is 1. The van der Waals surface area contributed by atoms with Crippen molar-refractivity contribution < 1.29 is 9.18 Å². The van der Waals surface area contributed by atoms with Crippen LogP contribution in [-0.4, -0.2) is 22.8 Å². The fraction of sp³-hybridized carbons (Fsp3) is 0.176. The number of pyridine rings is 1. The van der Waals surface area contributed by atoms with E-state index in [0.29, 0.717) is 10.3 Å². The Morgan fingerprint density at radius 1 is 1.27 bits per heavy atom. The molecule has 112 valence electrons.